The van der Waals surface area contributed by atoms with Gasteiger partial charge in [-0.05, 0) is 75.9 Å². The molecule has 2 N–H and O–H groups in total. The van der Waals surface area contributed by atoms with E-state index in [2.05, 4.69) is 30.4 Å². The van der Waals surface area contributed by atoms with Crippen molar-refractivity contribution in [2.45, 2.75) is 81.8 Å². The number of carbonyl (C=O) groups excluding carboxylic acids is 5. The quantitative estimate of drug-likeness (QED) is 0.341. The molecular formula is C38H38F3N9O5. The van der Waals surface area contributed by atoms with Crippen LogP contribution >= 0.6 is 0 Å². The number of nitriles is 1. The van der Waals surface area contributed by atoms with Crippen LogP contribution in [0.5, 0.6) is 0 Å². The van der Waals surface area contributed by atoms with E-state index < -0.39 is 58.4 Å². The summed E-state index contributed by atoms with van der Waals surface area (Å²) in [5.74, 6) is -2.65. The zero-order valence-electron chi connectivity index (χ0n) is 30.1. The van der Waals surface area contributed by atoms with Gasteiger partial charge >= 0.3 is 6.18 Å². The van der Waals surface area contributed by atoms with Gasteiger partial charge in [0.25, 0.3) is 17.7 Å². The SMILES string of the molecule is CC(C)(C(=O)Nc1ccc(C#N)c(C(F)(F)F)c1)n1cc(N2CCC(N3CC4CC3CN4c3ccc4c(c3)C(=O)N(C3CCC(=O)NC3=O)C4=O)CC2)cn1. The Morgan fingerprint density at radius 2 is 1.67 bits per heavy atom. The van der Waals surface area contributed by atoms with Crippen LogP contribution in [-0.2, 0) is 26.1 Å². The van der Waals surface area contributed by atoms with Gasteiger partial charge in [0.05, 0.1) is 40.2 Å². The highest BCUT2D eigenvalue weighted by molar-refractivity contribution is 6.23. The number of benzene rings is 2. The summed E-state index contributed by atoms with van der Waals surface area (Å²) in [4.78, 5) is 72.0. The Hall–Kier alpha value is -5.76. The fraction of sp³-hybridized carbons (Fsp3) is 0.447. The summed E-state index contributed by atoms with van der Waals surface area (Å²) in [6, 6.07) is 9.82. The second-order valence-electron chi connectivity index (χ2n) is 15.3. The van der Waals surface area contributed by atoms with E-state index in [9.17, 15) is 37.1 Å². The van der Waals surface area contributed by atoms with Crippen molar-refractivity contribution >= 4 is 46.6 Å². The number of anilines is 3. The van der Waals surface area contributed by atoms with E-state index in [0.29, 0.717) is 12.1 Å². The molecule has 3 aromatic rings. The lowest BCUT2D eigenvalue weighted by atomic mass is 10.0. The number of piperazine rings is 1. The molecule has 6 heterocycles. The summed E-state index contributed by atoms with van der Waals surface area (Å²) in [5, 5.41) is 18.3. The molecule has 4 saturated heterocycles. The zero-order chi connectivity index (χ0) is 39.0. The number of rotatable bonds is 7. The lowest BCUT2D eigenvalue weighted by Gasteiger charge is -2.43. The standard InChI is InChI=1S/C38H38F3N9O5/c1-37(2,36(55)44-22-4-3-21(16-42)30(13-22)38(39,40)41)49-20-27(17-43-49)46-11-9-23(10-12-46)47-18-26-14-25(47)19-48(26)24-5-6-28-29(15-24)35(54)50(34(28)53)31-7-8-32(51)45-33(31)52/h3-6,13,15,17,20,23,25-26,31H,7-12,14,18-19H2,1-2H3,(H,44,55)(H,45,51,52). The molecule has 2 bridgehead atoms. The molecule has 5 aliphatic rings. The molecule has 0 saturated carbocycles. The topological polar surface area (TPSA) is 164 Å². The lowest BCUT2D eigenvalue weighted by Crippen LogP contribution is -2.54. The second kappa shape index (κ2) is 13.2. The normalized spacial score (nSPS) is 23.3. The van der Waals surface area contributed by atoms with Crippen molar-refractivity contribution in [2.24, 2.45) is 0 Å². The third kappa shape index (κ3) is 6.27. The molecule has 55 heavy (non-hydrogen) atoms. The fourth-order valence-electron chi connectivity index (χ4n) is 8.68. The molecule has 14 nitrogen and oxygen atoms in total. The monoisotopic (exact) mass is 757 g/mol. The lowest BCUT2D eigenvalue weighted by molar-refractivity contribution is -0.138. The highest BCUT2D eigenvalue weighted by atomic mass is 19.4. The van der Waals surface area contributed by atoms with Gasteiger partial charge in [-0.15, -0.1) is 0 Å². The summed E-state index contributed by atoms with van der Waals surface area (Å²) < 4.78 is 41.9. The van der Waals surface area contributed by atoms with Crippen LogP contribution in [0.15, 0.2) is 48.8 Å². The first-order valence-corrected chi connectivity index (χ1v) is 18.2. The van der Waals surface area contributed by atoms with Crippen LogP contribution in [-0.4, -0.2) is 99.5 Å². The van der Waals surface area contributed by atoms with Gasteiger partial charge < -0.3 is 15.1 Å². The van der Waals surface area contributed by atoms with E-state index in [4.69, 9.17) is 5.26 Å². The first kappa shape index (κ1) is 36.2. The Morgan fingerprint density at radius 1 is 0.927 bits per heavy atom. The molecule has 5 amide bonds. The van der Waals surface area contributed by atoms with Crippen molar-refractivity contribution in [1.82, 2.24) is 24.9 Å². The molecule has 1 aromatic heterocycles. The molecule has 4 fully saturated rings. The van der Waals surface area contributed by atoms with Crippen molar-refractivity contribution in [3.8, 4) is 6.07 Å². The number of likely N-dealkylation sites (tertiary alicyclic amines) is 1. The Labute approximate surface area is 313 Å². The molecule has 17 heteroatoms. The number of amides is 5. The summed E-state index contributed by atoms with van der Waals surface area (Å²) >= 11 is 0. The predicted octanol–water partition coefficient (Wildman–Crippen LogP) is 3.48. The van der Waals surface area contributed by atoms with E-state index in [0.717, 1.165) is 73.8 Å². The van der Waals surface area contributed by atoms with Gasteiger partial charge in [0.15, 0.2) is 0 Å². The first-order chi connectivity index (χ1) is 26.1. The highest BCUT2D eigenvalue weighted by Crippen LogP contribution is 2.40. The van der Waals surface area contributed by atoms with Crippen LogP contribution < -0.4 is 20.4 Å². The van der Waals surface area contributed by atoms with Crippen LogP contribution in [0.1, 0.15) is 77.8 Å². The van der Waals surface area contributed by atoms with Crippen LogP contribution in [0.2, 0.25) is 0 Å². The number of alkyl halides is 3. The molecule has 0 spiro atoms. The Bertz CT molecular complexity index is 2170. The van der Waals surface area contributed by atoms with E-state index in [1.165, 1.54) is 16.8 Å². The molecule has 8 rings (SSSR count). The number of hydrogen-bond donors (Lipinski definition) is 2. The van der Waals surface area contributed by atoms with Gasteiger partial charge in [-0.3, -0.25) is 43.8 Å². The molecule has 0 radical (unpaired) electrons. The minimum absolute atomic E-state index is 0.0649. The number of nitrogens with one attached hydrogen (secondary N) is 2. The fourth-order valence-corrected chi connectivity index (χ4v) is 8.68. The summed E-state index contributed by atoms with van der Waals surface area (Å²) in [6.07, 6.45) is 1.71. The number of hydrogen-bond acceptors (Lipinski definition) is 10. The van der Waals surface area contributed by atoms with Crippen LogP contribution in [0, 0.1) is 11.3 Å². The number of imide groups is 2. The van der Waals surface area contributed by atoms with Crippen LogP contribution in [0.3, 0.4) is 0 Å². The third-order valence-electron chi connectivity index (χ3n) is 11.7. The van der Waals surface area contributed by atoms with Crippen LogP contribution in [0.4, 0.5) is 30.2 Å². The molecule has 286 valence electrons. The number of piperidine rings is 2. The van der Waals surface area contributed by atoms with E-state index in [1.54, 1.807) is 38.4 Å². The molecule has 3 unspecified atom stereocenters. The van der Waals surface area contributed by atoms with Gasteiger partial charge in [0.1, 0.15) is 11.6 Å². The molecule has 2 aromatic carbocycles. The highest BCUT2D eigenvalue weighted by Gasteiger charge is 2.48. The number of halogens is 3. The van der Waals surface area contributed by atoms with E-state index in [-0.39, 0.29) is 35.7 Å². The van der Waals surface area contributed by atoms with Gasteiger partial charge in [0, 0.05) is 68.3 Å². The van der Waals surface area contributed by atoms with Crippen molar-refractivity contribution < 1.29 is 37.1 Å². The van der Waals surface area contributed by atoms with Crippen molar-refractivity contribution in [3.63, 3.8) is 0 Å². The van der Waals surface area contributed by atoms with Crippen molar-refractivity contribution in [3.05, 3.63) is 71.0 Å². The largest absolute Gasteiger partial charge is 0.417 e. The first-order valence-electron chi connectivity index (χ1n) is 18.2. The molecule has 5 aliphatic heterocycles. The zero-order valence-corrected chi connectivity index (χ0v) is 30.1. The maximum atomic E-state index is 13.5. The number of fused-ring (bicyclic) bond motifs is 3. The molecular weight excluding hydrogens is 719 g/mol. The minimum atomic E-state index is -4.75. The number of aromatic nitrogens is 2. The maximum Gasteiger partial charge on any atom is 0.417 e. The average Bonchev–Trinajstić information content (AvgIpc) is 3.96. The Balaban J connectivity index is 0.864. The molecule has 3 atom stereocenters. The van der Waals surface area contributed by atoms with Gasteiger partial charge in [-0.25, -0.2) is 0 Å². The minimum Gasteiger partial charge on any atom is -0.369 e. The number of nitrogens with zero attached hydrogens (tertiary/aromatic N) is 7. The second-order valence-corrected chi connectivity index (χ2v) is 15.3. The Morgan fingerprint density at radius 3 is 2.35 bits per heavy atom. The summed E-state index contributed by atoms with van der Waals surface area (Å²) in [7, 11) is 0. The van der Waals surface area contributed by atoms with E-state index >= 15 is 0 Å². The van der Waals surface area contributed by atoms with Gasteiger partial charge in [-0.1, -0.05) is 0 Å². The van der Waals surface area contributed by atoms with Gasteiger partial charge in [-0.2, -0.15) is 23.5 Å². The predicted molar refractivity (Wildman–Crippen MR) is 191 cm³/mol. The van der Waals surface area contributed by atoms with Crippen molar-refractivity contribution in [2.75, 3.05) is 41.3 Å². The van der Waals surface area contributed by atoms with E-state index in [1.807, 2.05) is 6.07 Å². The van der Waals surface area contributed by atoms with Crippen LogP contribution in [0.25, 0.3) is 0 Å². The van der Waals surface area contributed by atoms with Crippen molar-refractivity contribution in [1.29, 1.82) is 5.26 Å². The Kier molecular flexibility index (Phi) is 8.71. The smallest absolute Gasteiger partial charge is 0.369 e. The molecule has 0 aliphatic carbocycles. The third-order valence-corrected chi connectivity index (χ3v) is 11.7. The summed E-state index contributed by atoms with van der Waals surface area (Å²) in [6.45, 7) is 6.45. The number of carbonyl (C=O) groups is 5. The maximum absolute atomic E-state index is 13.5. The van der Waals surface area contributed by atoms with Gasteiger partial charge in [0.2, 0.25) is 11.8 Å². The average molecular weight is 758 g/mol. The summed E-state index contributed by atoms with van der Waals surface area (Å²) in [5.41, 5.74) is -0.715.